The second-order valence-corrected chi connectivity index (χ2v) is 4.67. The van der Waals surface area contributed by atoms with Crippen LogP contribution in [0.5, 0.6) is 0 Å². The molecule has 2 unspecified atom stereocenters. The van der Waals surface area contributed by atoms with Crippen molar-refractivity contribution in [2.45, 2.75) is 19.4 Å². The maximum atomic E-state index is 13.8. The number of nitrogens with zero attached hydrogens (tertiary/aromatic N) is 1. The summed E-state index contributed by atoms with van der Waals surface area (Å²) in [7, 11) is 0. The van der Waals surface area contributed by atoms with E-state index in [1.54, 1.807) is 6.07 Å². The Morgan fingerprint density at radius 1 is 1.38 bits per heavy atom. The lowest BCUT2D eigenvalue weighted by atomic mass is 10.0. The van der Waals surface area contributed by atoms with E-state index in [4.69, 9.17) is 0 Å². The average Bonchev–Trinajstić information content (AvgIpc) is 2.65. The van der Waals surface area contributed by atoms with Crippen molar-refractivity contribution in [1.82, 2.24) is 0 Å². The van der Waals surface area contributed by atoms with Crippen molar-refractivity contribution >= 4 is 11.4 Å². The molecule has 2 aliphatic heterocycles. The van der Waals surface area contributed by atoms with Gasteiger partial charge >= 0.3 is 0 Å². The van der Waals surface area contributed by atoms with Crippen molar-refractivity contribution in [2.24, 2.45) is 5.92 Å². The number of hydrogen-bond donors (Lipinski definition) is 1. The maximum absolute atomic E-state index is 13.8. The second-order valence-electron chi connectivity index (χ2n) is 4.67. The summed E-state index contributed by atoms with van der Waals surface area (Å²) in [6, 6.07) is 3.09. The number of fused-ring (bicyclic) bond motifs is 3. The fourth-order valence-corrected chi connectivity index (χ4v) is 2.78. The minimum atomic E-state index is -0.763. The molecule has 0 aromatic heterocycles. The van der Waals surface area contributed by atoms with Gasteiger partial charge in [-0.3, -0.25) is 0 Å². The molecule has 2 aliphatic rings. The molecule has 0 saturated carbocycles. The van der Waals surface area contributed by atoms with E-state index in [0.29, 0.717) is 23.3 Å². The maximum Gasteiger partial charge on any atom is 0.184 e. The van der Waals surface area contributed by atoms with Crippen molar-refractivity contribution in [3.05, 3.63) is 23.8 Å². The minimum Gasteiger partial charge on any atom is -0.381 e. The molecule has 1 aromatic rings. The quantitative estimate of drug-likeness (QED) is 0.728. The first kappa shape index (κ1) is 9.87. The summed E-state index contributed by atoms with van der Waals surface area (Å²) in [6.45, 7) is 3.80. The molecule has 3 rings (SSSR count). The summed E-state index contributed by atoms with van der Waals surface area (Å²) in [5.41, 5.74) is 1.13. The zero-order valence-electron chi connectivity index (χ0n) is 9.13. The van der Waals surface area contributed by atoms with E-state index >= 15 is 0 Å². The lowest BCUT2D eigenvalue weighted by molar-refractivity contribution is 0.489. The highest BCUT2D eigenvalue weighted by molar-refractivity contribution is 5.74. The van der Waals surface area contributed by atoms with E-state index in [-0.39, 0.29) is 0 Å². The van der Waals surface area contributed by atoms with Crippen molar-refractivity contribution in [2.75, 3.05) is 23.3 Å². The van der Waals surface area contributed by atoms with Gasteiger partial charge in [0.15, 0.2) is 11.6 Å². The third-order valence-corrected chi connectivity index (χ3v) is 3.74. The van der Waals surface area contributed by atoms with Gasteiger partial charge in [-0.2, -0.15) is 0 Å². The van der Waals surface area contributed by atoms with Crippen molar-refractivity contribution < 1.29 is 8.78 Å². The molecule has 2 nitrogen and oxygen atoms in total. The summed E-state index contributed by atoms with van der Waals surface area (Å²) in [6.07, 6.45) is 1.04. The van der Waals surface area contributed by atoms with Gasteiger partial charge in [-0.15, -0.1) is 0 Å². The van der Waals surface area contributed by atoms with E-state index in [9.17, 15) is 8.78 Å². The third-order valence-electron chi connectivity index (χ3n) is 3.74. The fraction of sp³-hybridized carbons (Fsp3) is 0.500. The molecule has 1 N–H and O–H groups in total. The van der Waals surface area contributed by atoms with Crippen LogP contribution in [-0.4, -0.2) is 19.1 Å². The van der Waals surface area contributed by atoms with Crippen LogP contribution < -0.4 is 10.2 Å². The highest BCUT2D eigenvalue weighted by atomic mass is 19.2. The van der Waals surface area contributed by atoms with Crippen LogP contribution in [0.2, 0.25) is 0 Å². The molecule has 86 valence electrons. The summed E-state index contributed by atoms with van der Waals surface area (Å²) >= 11 is 0. The molecule has 16 heavy (non-hydrogen) atoms. The number of rotatable bonds is 0. The van der Waals surface area contributed by atoms with Crippen LogP contribution in [0.3, 0.4) is 0 Å². The Balaban J connectivity index is 2.11. The lowest BCUT2D eigenvalue weighted by Gasteiger charge is -2.36. The highest BCUT2D eigenvalue weighted by Gasteiger charge is 2.37. The van der Waals surface area contributed by atoms with Crippen molar-refractivity contribution in [3.8, 4) is 0 Å². The highest BCUT2D eigenvalue weighted by Crippen LogP contribution is 2.40. The Morgan fingerprint density at radius 2 is 2.19 bits per heavy atom. The molecule has 1 aromatic carbocycles. The molecule has 0 aliphatic carbocycles. The van der Waals surface area contributed by atoms with E-state index < -0.39 is 11.6 Å². The average molecular weight is 224 g/mol. The molecule has 1 fully saturated rings. The van der Waals surface area contributed by atoms with Gasteiger partial charge in [0.1, 0.15) is 0 Å². The topological polar surface area (TPSA) is 15.3 Å². The van der Waals surface area contributed by atoms with E-state index in [2.05, 4.69) is 12.2 Å². The first-order valence-electron chi connectivity index (χ1n) is 5.67. The Morgan fingerprint density at radius 3 is 3.00 bits per heavy atom. The van der Waals surface area contributed by atoms with Gasteiger partial charge < -0.3 is 10.2 Å². The van der Waals surface area contributed by atoms with Crippen LogP contribution in [0.25, 0.3) is 0 Å². The summed E-state index contributed by atoms with van der Waals surface area (Å²) in [4.78, 5) is 2.01. The van der Waals surface area contributed by atoms with Crippen LogP contribution in [0.1, 0.15) is 13.3 Å². The lowest BCUT2D eigenvalue weighted by Crippen LogP contribution is -2.42. The third kappa shape index (κ3) is 1.22. The zero-order chi connectivity index (χ0) is 11.3. The zero-order valence-corrected chi connectivity index (χ0v) is 9.13. The van der Waals surface area contributed by atoms with Crippen LogP contribution in [0.15, 0.2) is 12.1 Å². The van der Waals surface area contributed by atoms with Gasteiger partial charge in [0.05, 0.1) is 11.4 Å². The summed E-state index contributed by atoms with van der Waals surface area (Å²) in [5.74, 6) is -0.951. The smallest absolute Gasteiger partial charge is 0.184 e. The van der Waals surface area contributed by atoms with Crippen LogP contribution in [0, 0.1) is 17.6 Å². The Bertz CT molecular complexity index is 433. The molecule has 1 saturated heterocycles. The first-order chi connectivity index (χ1) is 7.68. The van der Waals surface area contributed by atoms with E-state index in [1.807, 2.05) is 4.90 Å². The summed E-state index contributed by atoms with van der Waals surface area (Å²) in [5, 5.41) is 3.18. The predicted octanol–water partition coefficient (Wildman–Crippen LogP) is 2.61. The molecule has 0 amide bonds. The first-order valence-corrected chi connectivity index (χ1v) is 5.67. The normalized spacial score (nSPS) is 27.3. The van der Waals surface area contributed by atoms with E-state index in [0.717, 1.165) is 19.5 Å². The Labute approximate surface area is 93.3 Å². The van der Waals surface area contributed by atoms with Gasteiger partial charge in [-0.1, -0.05) is 6.92 Å². The number of hydrogen-bond acceptors (Lipinski definition) is 2. The van der Waals surface area contributed by atoms with E-state index in [1.165, 1.54) is 6.07 Å². The van der Waals surface area contributed by atoms with Gasteiger partial charge in [0.25, 0.3) is 0 Å². The van der Waals surface area contributed by atoms with Crippen LogP contribution in [0.4, 0.5) is 20.2 Å². The number of anilines is 2. The van der Waals surface area contributed by atoms with Crippen molar-refractivity contribution in [1.29, 1.82) is 0 Å². The molecular formula is C12H14F2N2. The molecule has 2 heterocycles. The molecule has 0 radical (unpaired) electrons. The van der Waals surface area contributed by atoms with Crippen LogP contribution in [-0.2, 0) is 0 Å². The standard InChI is InChI=1S/C12H14F2N2/c1-7-4-5-16-10(7)6-15-9-3-2-8(13)11(14)12(9)16/h2-3,7,10,15H,4-6H2,1H3. The largest absolute Gasteiger partial charge is 0.381 e. The van der Waals surface area contributed by atoms with Gasteiger partial charge in [0.2, 0.25) is 0 Å². The number of halogens is 2. The Kier molecular flexibility index (Phi) is 2.06. The molecule has 0 bridgehead atoms. The minimum absolute atomic E-state index is 0.295. The predicted molar refractivity (Wildman–Crippen MR) is 59.8 cm³/mol. The van der Waals surface area contributed by atoms with Gasteiger partial charge in [-0.05, 0) is 24.5 Å². The monoisotopic (exact) mass is 224 g/mol. The summed E-state index contributed by atoms with van der Waals surface area (Å²) < 4.78 is 27.0. The number of benzene rings is 1. The molecule has 0 spiro atoms. The number of nitrogens with one attached hydrogen (secondary N) is 1. The Hall–Kier alpha value is -1.32. The molecule has 4 heteroatoms. The molecule has 2 atom stereocenters. The van der Waals surface area contributed by atoms with Gasteiger partial charge in [0, 0.05) is 19.1 Å². The van der Waals surface area contributed by atoms with Crippen LogP contribution >= 0.6 is 0 Å². The van der Waals surface area contributed by atoms with Crippen molar-refractivity contribution in [3.63, 3.8) is 0 Å². The molecular weight excluding hydrogens is 210 g/mol. The SMILES string of the molecule is CC1CCN2c3c(ccc(F)c3F)NCC12. The van der Waals surface area contributed by atoms with Gasteiger partial charge in [-0.25, -0.2) is 8.78 Å². The second kappa shape index (κ2) is 3.34. The fourth-order valence-electron chi connectivity index (χ4n) is 2.78.